The zero-order valence-corrected chi connectivity index (χ0v) is 11.7. The molecule has 5 nitrogen and oxygen atoms in total. The van der Waals surface area contributed by atoms with E-state index in [-0.39, 0.29) is 35.6 Å². The first-order chi connectivity index (χ1) is 8.54. The van der Waals surface area contributed by atoms with Crippen LogP contribution in [-0.2, 0) is 18.4 Å². The van der Waals surface area contributed by atoms with Crippen LogP contribution >= 0.6 is 11.6 Å². The fraction of sp³-hybridized carbons (Fsp3) is 0.167. The summed E-state index contributed by atoms with van der Waals surface area (Å²) in [6.45, 7) is 0.213. The molecule has 0 saturated heterocycles. The Hall–Kier alpha value is -1.72. The lowest BCUT2D eigenvalue weighted by atomic mass is 10.3. The molecule has 102 valence electrons. The molecule has 1 heterocycles. The Labute approximate surface area is 121 Å². The van der Waals surface area contributed by atoms with Crippen molar-refractivity contribution in [1.29, 1.82) is 0 Å². The van der Waals surface area contributed by atoms with Gasteiger partial charge in [-0.25, -0.2) is 9.13 Å². The number of anilines is 1. The normalized spacial score (nSPS) is 9.79. The minimum absolute atomic E-state index is 0. The van der Waals surface area contributed by atoms with Crippen molar-refractivity contribution in [1.82, 2.24) is 4.57 Å². The van der Waals surface area contributed by atoms with E-state index >= 15 is 0 Å². The van der Waals surface area contributed by atoms with Crippen LogP contribution in [0, 0.1) is 0 Å². The monoisotopic (exact) mass is 301 g/mol. The first-order valence-electron chi connectivity index (χ1n) is 5.34. The van der Waals surface area contributed by atoms with Crippen molar-refractivity contribution in [3.8, 4) is 5.75 Å². The number of rotatable bonds is 3. The maximum atomic E-state index is 11.7. The molecule has 0 atom stereocenters. The minimum atomic E-state index is -0.173. The summed E-state index contributed by atoms with van der Waals surface area (Å²) in [4.78, 5) is 11.7. The van der Waals surface area contributed by atoms with Gasteiger partial charge in [0.2, 0.25) is 6.33 Å². The second-order valence-electron chi connectivity index (χ2n) is 3.97. The number of nitrogens with one attached hydrogen (secondary N) is 1. The van der Waals surface area contributed by atoms with Gasteiger partial charge in [0.15, 0.2) is 6.54 Å². The van der Waals surface area contributed by atoms with E-state index in [1.54, 1.807) is 23.2 Å². The summed E-state index contributed by atoms with van der Waals surface area (Å²) in [5.74, 6) is -0.227. The van der Waals surface area contributed by atoms with E-state index in [9.17, 15) is 9.90 Å². The Morgan fingerprint density at radius 2 is 2.26 bits per heavy atom. The number of amides is 1. The Balaban J connectivity index is 0.00000180. The van der Waals surface area contributed by atoms with Gasteiger partial charge in [-0.05, 0) is 12.1 Å². The van der Waals surface area contributed by atoms with Crippen LogP contribution in [0.3, 0.4) is 0 Å². The molecule has 0 unspecified atom stereocenters. The van der Waals surface area contributed by atoms with Gasteiger partial charge in [0.1, 0.15) is 18.1 Å². The predicted octanol–water partition coefficient (Wildman–Crippen LogP) is -1.69. The van der Waals surface area contributed by atoms with Crippen LogP contribution in [0.4, 0.5) is 5.69 Å². The van der Waals surface area contributed by atoms with Gasteiger partial charge in [-0.3, -0.25) is 4.79 Å². The van der Waals surface area contributed by atoms with E-state index in [4.69, 9.17) is 11.6 Å². The van der Waals surface area contributed by atoms with Gasteiger partial charge >= 0.3 is 0 Å². The van der Waals surface area contributed by atoms with E-state index in [1.165, 1.54) is 12.1 Å². The number of carbonyl (C=O) groups is 1. The predicted molar refractivity (Wildman–Crippen MR) is 67.4 cm³/mol. The Kier molecular flexibility index (Phi) is 5.20. The zero-order chi connectivity index (χ0) is 13.1. The number of carbonyl (C=O) groups excluding carboxylic acids is 1. The highest BCUT2D eigenvalue weighted by Crippen LogP contribution is 2.25. The molecular formula is C12H13Cl2N3O2. The highest BCUT2D eigenvalue weighted by Gasteiger charge is 2.09. The van der Waals surface area contributed by atoms with E-state index in [1.807, 2.05) is 17.8 Å². The standard InChI is InChI=1S/C12H12ClN3O2.ClH/c1-15-4-5-16(8-15)7-12(18)14-9-2-3-10(13)11(17)6-9;/h2-6,8H,7H2,1H3,(H-,14,17,18);1H. The summed E-state index contributed by atoms with van der Waals surface area (Å²) < 4.78 is 3.60. The number of phenols is 1. The third-order valence-electron chi connectivity index (χ3n) is 2.38. The first-order valence-corrected chi connectivity index (χ1v) is 5.72. The van der Waals surface area contributed by atoms with Crippen molar-refractivity contribution < 1.29 is 26.9 Å². The molecule has 0 spiro atoms. The number of benzene rings is 1. The average Bonchev–Trinajstić information content (AvgIpc) is 2.69. The molecule has 2 N–H and O–H groups in total. The highest BCUT2D eigenvalue weighted by molar-refractivity contribution is 6.32. The molecule has 2 rings (SSSR count). The van der Waals surface area contributed by atoms with E-state index in [0.29, 0.717) is 5.69 Å². The fourth-order valence-corrected chi connectivity index (χ4v) is 1.67. The fourth-order valence-electron chi connectivity index (χ4n) is 1.55. The molecule has 0 saturated carbocycles. The zero-order valence-electron chi connectivity index (χ0n) is 10.2. The number of nitrogens with zero attached hydrogens (tertiary/aromatic N) is 2. The quantitative estimate of drug-likeness (QED) is 0.665. The molecule has 19 heavy (non-hydrogen) atoms. The Morgan fingerprint density at radius 1 is 1.53 bits per heavy atom. The van der Waals surface area contributed by atoms with Gasteiger partial charge < -0.3 is 22.8 Å². The van der Waals surface area contributed by atoms with Gasteiger partial charge in [0, 0.05) is 11.8 Å². The van der Waals surface area contributed by atoms with Gasteiger partial charge in [-0.2, -0.15) is 0 Å². The summed E-state index contributed by atoms with van der Waals surface area (Å²) in [6, 6.07) is 4.58. The SMILES string of the molecule is Cn1cc[n+](CC(=O)Nc2ccc(Cl)c(O)c2)c1.[Cl-]. The topological polar surface area (TPSA) is 58.1 Å². The summed E-state index contributed by atoms with van der Waals surface area (Å²) in [5.41, 5.74) is 0.512. The molecule has 0 radical (unpaired) electrons. The average molecular weight is 302 g/mol. The first kappa shape index (κ1) is 15.3. The number of phenolic OH excluding ortho intramolecular Hbond substituents is 1. The van der Waals surface area contributed by atoms with Crippen molar-refractivity contribution in [2.45, 2.75) is 6.54 Å². The number of hydrogen-bond donors (Lipinski definition) is 2. The maximum Gasteiger partial charge on any atom is 0.266 e. The third-order valence-corrected chi connectivity index (χ3v) is 2.70. The molecule has 0 fully saturated rings. The second-order valence-corrected chi connectivity index (χ2v) is 4.37. The van der Waals surface area contributed by atoms with Crippen LogP contribution in [0.15, 0.2) is 36.9 Å². The molecule has 0 aliphatic rings. The lowest BCUT2D eigenvalue weighted by molar-refractivity contribution is -0.683. The van der Waals surface area contributed by atoms with Gasteiger partial charge in [0.05, 0.1) is 12.1 Å². The van der Waals surface area contributed by atoms with Crippen LogP contribution in [0.25, 0.3) is 0 Å². The maximum absolute atomic E-state index is 11.7. The molecule has 2 aromatic rings. The lowest BCUT2D eigenvalue weighted by Gasteiger charge is -2.04. The van der Waals surface area contributed by atoms with Crippen LogP contribution in [0.5, 0.6) is 5.75 Å². The smallest absolute Gasteiger partial charge is 0.266 e. The second kappa shape index (κ2) is 6.45. The molecule has 1 amide bonds. The molecule has 0 aliphatic carbocycles. The summed E-state index contributed by atoms with van der Waals surface area (Å²) >= 11 is 5.68. The van der Waals surface area contributed by atoms with Gasteiger partial charge in [-0.1, -0.05) is 11.6 Å². The van der Waals surface area contributed by atoms with Crippen molar-refractivity contribution in [3.05, 3.63) is 41.9 Å². The summed E-state index contributed by atoms with van der Waals surface area (Å²) in [7, 11) is 1.88. The van der Waals surface area contributed by atoms with Gasteiger partial charge in [0.25, 0.3) is 5.91 Å². The highest BCUT2D eigenvalue weighted by atomic mass is 35.5. The summed E-state index contributed by atoms with van der Waals surface area (Å²) in [6.07, 6.45) is 5.46. The Bertz CT molecular complexity index is 584. The molecule has 1 aromatic carbocycles. The van der Waals surface area contributed by atoms with Gasteiger partial charge in [-0.15, -0.1) is 0 Å². The van der Waals surface area contributed by atoms with Crippen LogP contribution in [0.2, 0.25) is 5.02 Å². The molecule has 1 aromatic heterocycles. The van der Waals surface area contributed by atoms with E-state index in [2.05, 4.69) is 5.32 Å². The molecule has 7 heteroatoms. The lowest BCUT2D eigenvalue weighted by Crippen LogP contribution is -3.00. The largest absolute Gasteiger partial charge is 1.00 e. The number of halogens is 2. The third kappa shape index (κ3) is 4.15. The van der Waals surface area contributed by atoms with Crippen molar-refractivity contribution in [2.24, 2.45) is 7.05 Å². The number of hydrogen-bond acceptors (Lipinski definition) is 2. The minimum Gasteiger partial charge on any atom is -1.00 e. The van der Waals surface area contributed by atoms with Crippen LogP contribution in [0.1, 0.15) is 0 Å². The Morgan fingerprint density at radius 3 is 2.84 bits per heavy atom. The molecular weight excluding hydrogens is 289 g/mol. The summed E-state index contributed by atoms with van der Waals surface area (Å²) in [5, 5.41) is 12.3. The number of imidazole rings is 1. The number of aromatic hydroxyl groups is 1. The number of aryl methyl sites for hydroxylation is 1. The number of aromatic nitrogens is 2. The van der Waals surface area contributed by atoms with E-state index < -0.39 is 0 Å². The van der Waals surface area contributed by atoms with Crippen LogP contribution < -0.4 is 22.3 Å². The van der Waals surface area contributed by atoms with E-state index in [0.717, 1.165) is 0 Å². The molecule has 0 aliphatic heterocycles. The van der Waals surface area contributed by atoms with Crippen LogP contribution in [-0.4, -0.2) is 15.6 Å². The van der Waals surface area contributed by atoms with Crippen molar-refractivity contribution in [3.63, 3.8) is 0 Å². The van der Waals surface area contributed by atoms with Crippen molar-refractivity contribution >= 4 is 23.2 Å². The molecule has 0 bridgehead atoms. The van der Waals surface area contributed by atoms with Crippen molar-refractivity contribution in [2.75, 3.05) is 5.32 Å².